The number of pyridine rings is 1. The third-order valence-corrected chi connectivity index (χ3v) is 6.96. The van der Waals surface area contributed by atoms with Crippen LogP contribution in [0.2, 0.25) is 0 Å². The molecule has 150 valence electrons. The first-order valence-corrected chi connectivity index (χ1v) is 10.5. The molecule has 1 amide bonds. The number of likely N-dealkylation sites (tertiary alicyclic amines) is 1. The van der Waals surface area contributed by atoms with Crippen molar-refractivity contribution in [2.45, 2.75) is 24.9 Å². The van der Waals surface area contributed by atoms with Gasteiger partial charge in [0.25, 0.3) is 5.91 Å². The Morgan fingerprint density at radius 3 is 2.83 bits per heavy atom. The number of aromatic nitrogens is 2. The molecule has 1 saturated heterocycles. The number of rotatable bonds is 3. The summed E-state index contributed by atoms with van der Waals surface area (Å²) in [4.78, 5) is 25.4. The summed E-state index contributed by atoms with van der Waals surface area (Å²) in [5, 5.41) is 0. The average Bonchev–Trinajstić information content (AvgIpc) is 3.45. The van der Waals surface area contributed by atoms with E-state index in [9.17, 15) is 4.79 Å². The van der Waals surface area contributed by atoms with Crippen molar-refractivity contribution in [1.82, 2.24) is 14.9 Å². The lowest BCUT2D eigenvalue weighted by atomic mass is 9.82. The zero-order valence-corrected chi connectivity index (χ0v) is 16.9. The summed E-state index contributed by atoms with van der Waals surface area (Å²) in [6.45, 7) is 1.98. The number of hydrogen-bond donors (Lipinski definition) is 0. The summed E-state index contributed by atoms with van der Waals surface area (Å²) in [7, 11) is 1.64. The number of piperidine rings is 1. The minimum atomic E-state index is -0.324. The van der Waals surface area contributed by atoms with E-state index in [2.05, 4.69) is 16.0 Å². The monoisotopic (exact) mass is 411 g/mol. The molecule has 0 saturated carbocycles. The van der Waals surface area contributed by atoms with Gasteiger partial charge in [0.15, 0.2) is 12.1 Å². The van der Waals surface area contributed by atoms with Crippen LogP contribution in [0.25, 0.3) is 10.6 Å². The molecule has 3 aromatic rings. The van der Waals surface area contributed by atoms with Crippen LogP contribution < -0.4 is 4.74 Å². The number of fused-ring (bicyclic) bond motifs is 2. The van der Waals surface area contributed by atoms with Crippen molar-refractivity contribution in [3.63, 3.8) is 0 Å². The van der Waals surface area contributed by atoms with E-state index in [0.29, 0.717) is 25.4 Å². The van der Waals surface area contributed by atoms with Crippen LogP contribution in [-0.4, -0.2) is 47.6 Å². The number of methoxy groups -OCH3 is 1. The maximum absolute atomic E-state index is 12.6. The SMILES string of the molecule is COc1ccc(-c2cc3c(s2)CCOC32CCN(C(=O)c3cocn3)CC2)nc1. The number of ether oxygens (including phenoxy) is 2. The molecule has 29 heavy (non-hydrogen) atoms. The predicted octanol–water partition coefficient (Wildman–Crippen LogP) is 3.51. The molecule has 2 aliphatic rings. The first kappa shape index (κ1) is 18.3. The van der Waals surface area contributed by atoms with Gasteiger partial charge in [0.05, 0.1) is 36.1 Å². The molecule has 0 N–H and O–H groups in total. The maximum atomic E-state index is 12.6. The van der Waals surface area contributed by atoms with Crippen molar-refractivity contribution in [3.05, 3.63) is 53.2 Å². The van der Waals surface area contributed by atoms with E-state index in [1.54, 1.807) is 24.6 Å². The van der Waals surface area contributed by atoms with Gasteiger partial charge in [0, 0.05) is 24.4 Å². The number of nitrogens with zero attached hydrogens (tertiary/aromatic N) is 3. The summed E-state index contributed by atoms with van der Waals surface area (Å²) in [6.07, 6.45) is 6.89. The van der Waals surface area contributed by atoms with E-state index in [1.165, 1.54) is 23.1 Å². The zero-order valence-electron chi connectivity index (χ0n) is 16.1. The minimum Gasteiger partial charge on any atom is -0.495 e. The van der Waals surface area contributed by atoms with Crippen LogP contribution in [0.1, 0.15) is 33.8 Å². The predicted molar refractivity (Wildman–Crippen MR) is 107 cm³/mol. The first-order valence-electron chi connectivity index (χ1n) is 9.63. The number of oxazole rings is 1. The van der Waals surface area contributed by atoms with Gasteiger partial charge in [-0.15, -0.1) is 11.3 Å². The van der Waals surface area contributed by atoms with Crippen molar-refractivity contribution in [3.8, 4) is 16.3 Å². The lowest BCUT2D eigenvalue weighted by molar-refractivity contribution is -0.0926. The Labute approximate surface area is 172 Å². The molecule has 7 nitrogen and oxygen atoms in total. The molecular formula is C21H21N3O4S. The summed E-state index contributed by atoms with van der Waals surface area (Å²) in [5.74, 6) is 0.664. The van der Waals surface area contributed by atoms with Gasteiger partial charge in [-0.2, -0.15) is 0 Å². The quantitative estimate of drug-likeness (QED) is 0.656. The molecule has 5 heterocycles. The van der Waals surface area contributed by atoms with Gasteiger partial charge in [-0.25, -0.2) is 4.98 Å². The topological polar surface area (TPSA) is 77.7 Å². The van der Waals surface area contributed by atoms with E-state index in [4.69, 9.17) is 13.9 Å². The second-order valence-corrected chi connectivity index (χ2v) is 8.43. The molecule has 0 unspecified atom stereocenters. The summed E-state index contributed by atoms with van der Waals surface area (Å²) in [6, 6.07) is 6.15. The van der Waals surface area contributed by atoms with Crippen LogP contribution in [0.5, 0.6) is 5.75 Å². The van der Waals surface area contributed by atoms with E-state index in [0.717, 1.165) is 35.6 Å². The van der Waals surface area contributed by atoms with Crippen molar-refractivity contribution in [2.24, 2.45) is 0 Å². The second-order valence-electron chi connectivity index (χ2n) is 7.29. The summed E-state index contributed by atoms with van der Waals surface area (Å²) >= 11 is 1.79. The highest BCUT2D eigenvalue weighted by molar-refractivity contribution is 7.15. The molecule has 0 aliphatic carbocycles. The molecule has 2 aliphatic heterocycles. The molecular weight excluding hydrogens is 390 g/mol. The molecule has 5 rings (SSSR count). The van der Waals surface area contributed by atoms with Gasteiger partial charge in [0.1, 0.15) is 12.0 Å². The van der Waals surface area contributed by atoms with Gasteiger partial charge in [-0.05, 0) is 36.6 Å². The van der Waals surface area contributed by atoms with Crippen LogP contribution >= 0.6 is 11.3 Å². The fourth-order valence-corrected chi connectivity index (χ4v) is 5.36. The fraction of sp³-hybridized carbons (Fsp3) is 0.381. The number of amides is 1. The number of carbonyl (C=O) groups excluding carboxylic acids is 1. The maximum Gasteiger partial charge on any atom is 0.275 e. The van der Waals surface area contributed by atoms with Gasteiger partial charge >= 0.3 is 0 Å². The zero-order chi connectivity index (χ0) is 19.8. The Morgan fingerprint density at radius 2 is 2.14 bits per heavy atom. The second kappa shape index (κ2) is 7.27. The highest BCUT2D eigenvalue weighted by atomic mass is 32.1. The van der Waals surface area contributed by atoms with Gasteiger partial charge < -0.3 is 18.8 Å². The Kier molecular flexibility index (Phi) is 4.60. The van der Waals surface area contributed by atoms with E-state index >= 15 is 0 Å². The standard InChI is InChI=1S/C21H21N3O4S/c1-26-14-2-3-16(22-11-14)19-10-15-18(29-19)4-9-28-21(15)5-7-24(8-6-21)20(25)17-12-27-13-23-17/h2-3,10-13H,4-9H2,1H3. The lowest BCUT2D eigenvalue weighted by Gasteiger charge is -2.43. The van der Waals surface area contributed by atoms with Crippen LogP contribution in [0.4, 0.5) is 0 Å². The third kappa shape index (κ3) is 3.22. The Balaban J connectivity index is 1.38. The molecule has 0 aromatic carbocycles. The molecule has 0 radical (unpaired) electrons. The molecule has 0 bridgehead atoms. The summed E-state index contributed by atoms with van der Waals surface area (Å²) < 4.78 is 16.5. The van der Waals surface area contributed by atoms with E-state index in [1.807, 2.05) is 17.0 Å². The smallest absolute Gasteiger partial charge is 0.275 e. The van der Waals surface area contributed by atoms with Crippen LogP contribution in [-0.2, 0) is 16.8 Å². The number of thiophene rings is 1. The van der Waals surface area contributed by atoms with E-state index < -0.39 is 0 Å². The number of carbonyl (C=O) groups is 1. The van der Waals surface area contributed by atoms with Crippen LogP contribution in [0.15, 0.2) is 41.5 Å². The number of hydrogen-bond acceptors (Lipinski definition) is 7. The molecule has 0 atom stereocenters. The minimum absolute atomic E-state index is 0.0851. The van der Waals surface area contributed by atoms with Crippen molar-refractivity contribution < 1.29 is 18.7 Å². The van der Waals surface area contributed by atoms with Crippen molar-refractivity contribution >= 4 is 17.2 Å². The molecule has 8 heteroatoms. The average molecular weight is 411 g/mol. The first-order chi connectivity index (χ1) is 14.2. The highest BCUT2D eigenvalue weighted by Gasteiger charge is 2.43. The third-order valence-electron chi connectivity index (χ3n) is 5.74. The van der Waals surface area contributed by atoms with Gasteiger partial charge in [0.2, 0.25) is 0 Å². The normalized spacial score (nSPS) is 17.9. The Bertz CT molecular complexity index is 1010. The molecule has 1 fully saturated rings. The molecule has 1 spiro atoms. The van der Waals surface area contributed by atoms with Crippen molar-refractivity contribution in [2.75, 3.05) is 26.8 Å². The molecule has 3 aromatic heterocycles. The lowest BCUT2D eigenvalue weighted by Crippen LogP contribution is -2.48. The summed E-state index contributed by atoms with van der Waals surface area (Å²) in [5.41, 5.74) is 2.23. The fourth-order valence-electron chi connectivity index (χ4n) is 4.15. The van der Waals surface area contributed by atoms with Gasteiger partial charge in [-0.1, -0.05) is 0 Å². The Hall–Kier alpha value is -2.71. The van der Waals surface area contributed by atoms with Crippen LogP contribution in [0.3, 0.4) is 0 Å². The van der Waals surface area contributed by atoms with Gasteiger partial charge in [-0.3, -0.25) is 9.78 Å². The van der Waals surface area contributed by atoms with E-state index in [-0.39, 0.29) is 11.5 Å². The largest absolute Gasteiger partial charge is 0.495 e. The highest BCUT2D eigenvalue weighted by Crippen LogP contribution is 2.46. The van der Waals surface area contributed by atoms with Crippen molar-refractivity contribution in [1.29, 1.82) is 0 Å². The Morgan fingerprint density at radius 1 is 1.28 bits per heavy atom. The van der Waals surface area contributed by atoms with Crippen LogP contribution in [0, 0.1) is 0 Å².